The Morgan fingerprint density at radius 2 is 2.11 bits per heavy atom. The van der Waals surface area contributed by atoms with Gasteiger partial charge in [0.25, 0.3) is 0 Å². The summed E-state index contributed by atoms with van der Waals surface area (Å²) in [6, 6.07) is 9.10. The summed E-state index contributed by atoms with van der Waals surface area (Å²) in [5, 5.41) is 6.20. The van der Waals surface area contributed by atoms with Gasteiger partial charge in [0, 0.05) is 45.3 Å². The summed E-state index contributed by atoms with van der Waals surface area (Å²) in [6.07, 6.45) is 3.13. The van der Waals surface area contributed by atoms with Gasteiger partial charge in [0.1, 0.15) is 0 Å². The number of hydrogen-bond donors (Lipinski definition) is 2. The number of para-hydroxylation sites is 1. The molecule has 0 heterocycles. The molecule has 2 rings (SSSR count). The van der Waals surface area contributed by atoms with Gasteiger partial charge in [0.15, 0.2) is 0 Å². The second kappa shape index (κ2) is 6.57. The number of amides is 1. The van der Waals surface area contributed by atoms with Gasteiger partial charge >= 0.3 is 0 Å². The Balaban J connectivity index is 1.94. The zero-order valence-electron chi connectivity index (χ0n) is 11.8. The van der Waals surface area contributed by atoms with Crippen LogP contribution in [-0.4, -0.2) is 32.6 Å². The number of anilines is 1. The van der Waals surface area contributed by atoms with Crippen LogP contribution in [0.2, 0.25) is 0 Å². The summed E-state index contributed by atoms with van der Waals surface area (Å²) in [4.78, 5) is 13.5. The van der Waals surface area contributed by atoms with E-state index < -0.39 is 0 Å². The second-order valence-electron chi connectivity index (χ2n) is 5.13. The van der Waals surface area contributed by atoms with Gasteiger partial charge in [-0.15, -0.1) is 0 Å². The summed E-state index contributed by atoms with van der Waals surface area (Å²) >= 11 is 0. The molecule has 1 amide bonds. The molecule has 1 aromatic rings. The molecular weight excluding hydrogens is 238 g/mol. The van der Waals surface area contributed by atoms with E-state index in [9.17, 15) is 4.79 Å². The van der Waals surface area contributed by atoms with Crippen molar-refractivity contribution in [2.24, 2.45) is 0 Å². The maximum Gasteiger partial charge on any atom is 0.221 e. The topological polar surface area (TPSA) is 44.4 Å². The third-order valence-electron chi connectivity index (χ3n) is 3.51. The zero-order chi connectivity index (χ0) is 13.7. The van der Waals surface area contributed by atoms with E-state index >= 15 is 0 Å². The molecule has 2 N–H and O–H groups in total. The van der Waals surface area contributed by atoms with Crippen molar-refractivity contribution in [2.75, 3.05) is 25.5 Å². The van der Waals surface area contributed by atoms with Crippen LogP contribution in [0.5, 0.6) is 0 Å². The van der Waals surface area contributed by atoms with E-state index in [1.54, 1.807) is 7.05 Å². The molecule has 1 aliphatic carbocycles. The van der Waals surface area contributed by atoms with Crippen molar-refractivity contribution >= 4 is 11.6 Å². The van der Waals surface area contributed by atoms with Crippen LogP contribution in [-0.2, 0) is 11.3 Å². The minimum Gasteiger partial charge on any atom is -0.374 e. The smallest absolute Gasteiger partial charge is 0.221 e. The third-order valence-corrected chi connectivity index (χ3v) is 3.51. The molecular formula is C15H23N3O. The van der Waals surface area contributed by atoms with Gasteiger partial charge < -0.3 is 15.5 Å². The molecule has 1 aromatic carbocycles. The van der Waals surface area contributed by atoms with Crippen LogP contribution >= 0.6 is 0 Å². The van der Waals surface area contributed by atoms with Gasteiger partial charge in [-0.05, 0) is 24.5 Å². The minimum atomic E-state index is 0.0837. The normalized spacial score (nSPS) is 14.2. The molecule has 0 atom stereocenters. The van der Waals surface area contributed by atoms with E-state index in [-0.39, 0.29) is 5.91 Å². The second-order valence-corrected chi connectivity index (χ2v) is 5.13. The SMILES string of the molecule is CNC(=O)CCN(C)c1ccccc1CNC1CC1. The number of benzene rings is 1. The van der Waals surface area contributed by atoms with Gasteiger partial charge in [-0.2, -0.15) is 0 Å². The van der Waals surface area contributed by atoms with Crippen LogP contribution in [0.15, 0.2) is 24.3 Å². The van der Waals surface area contributed by atoms with Gasteiger partial charge in [-0.25, -0.2) is 0 Å². The fourth-order valence-corrected chi connectivity index (χ4v) is 2.09. The Hall–Kier alpha value is -1.55. The van der Waals surface area contributed by atoms with Crippen molar-refractivity contribution in [3.63, 3.8) is 0 Å². The Morgan fingerprint density at radius 3 is 2.79 bits per heavy atom. The van der Waals surface area contributed by atoms with Crippen LogP contribution < -0.4 is 15.5 Å². The maximum atomic E-state index is 11.3. The summed E-state index contributed by atoms with van der Waals surface area (Å²) in [5.41, 5.74) is 2.51. The van der Waals surface area contributed by atoms with E-state index in [4.69, 9.17) is 0 Å². The first kappa shape index (κ1) is 13.9. The lowest BCUT2D eigenvalue weighted by Gasteiger charge is -2.22. The van der Waals surface area contributed by atoms with E-state index in [1.165, 1.54) is 24.1 Å². The van der Waals surface area contributed by atoms with Crippen molar-refractivity contribution in [2.45, 2.75) is 31.8 Å². The quantitative estimate of drug-likeness (QED) is 0.782. The highest BCUT2D eigenvalue weighted by molar-refractivity contribution is 5.76. The van der Waals surface area contributed by atoms with Gasteiger partial charge in [-0.3, -0.25) is 4.79 Å². The Labute approximate surface area is 115 Å². The summed E-state index contributed by atoms with van der Waals surface area (Å²) in [7, 11) is 3.72. The molecule has 0 radical (unpaired) electrons. The standard InChI is InChI=1S/C15H23N3O/c1-16-15(19)9-10-18(2)14-6-4-3-5-12(14)11-17-13-7-8-13/h3-6,13,17H,7-11H2,1-2H3,(H,16,19). The highest BCUT2D eigenvalue weighted by Gasteiger charge is 2.20. The largest absolute Gasteiger partial charge is 0.374 e. The molecule has 4 nitrogen and oxygen atoms in total. The van der Waals surface area contributed by atoms with Crippen LogP contribution in [0.25, 0.3) is 0 Å². The summed E-state index contributed by atoms with van der Waals surface area (Å²) < 4.78 is 0. The molecule has 0 spiro atoms. The number of hydrogen-bond acceptors (Lipinski definition) is 3. The van der Waals surface area contributed by atoms with E-state index in [1.807, 2.05) is 13.1 Å². The first-order chi connectivity index (χ1) is 9.20. The fraction of sp³-hybridized carbons (Fsp3) is 0.533. The lowest BCUT2D eigenvalue weighted by molar-refractivity contribution is -0.120. The lowest BCUT2D eigenvalue weighted by atomic mass is 10.1. The Kier molecular flexibility index (Phi) is 4.80. The van der Waals surface area contributed by atoms with Crippen molar-refractivity contribution < 1.29 is 4.79 Å². The van der Waals surface area contributed by atoms with E-state index in [0.717, 1.165) is 13.1 Å². The number of rotatable bonds is 7. The minimum absolute atomic E-state index is 0.0837. The number of carbonyl (C=O) groups excluding carboxylic acids is 1. The molecule has 104 valence electrons. The van der Waals surface area contributed by atoms with Crippen LogP contribution in [0, 0.1) is 0 Å². The van der Waals surface area contributed by atoms with Crippen molar-refractivity contribution in [3.8, 4) is 0 Å². The predicted molar refractivity (Wildman–Crippen MR) is 78.3 cm³/mol. The van der Waals surface area contributed by atoms with Crippen LogP contribution in [0.4, 0.5) is 5.69 Å². The Bertz CT molecular complexity index is 429. The monoisotopic (exact) mass is 261 g/mol. The Morgan fingerprint density at radius 1 is 1.37 bits per heavy atom. The predicted octanol–water partition coefficient (Wildman–Crippen LogP) is 1.51. The molecule has 1 aliphatic rings. The zero-order valence-corrected chi connectivity index (χ0v) is 11.8. The van der Waals surface area contributed by atoms with Crippen LogP contribution in [0.1, 0.15) is 24.8 Å². The third kappa shape index (κ3) is 4.24. The van der Waals surface area contributed by atoms with Crippen LogP contribution in [0.3, 0.4) is 0 Å². The van der Waals surface area contributed by atoms with Crippen molar-refractivity contribution in [1.29, 1.82) is 0 Å². The average molecular weight is 261 g/mol. The summed E-state index contributed by atoms with van der Waals surface area (Å²) in [5.74, 6) is 0.0837. The lowest BCUT2D eigenvalue weighted by Crippen LogP contribution is -2.27. The fourth-order valence-electron chi connectivity index (χ4n) is 2.09. The van der Waals surface area contributed by atoms with Crippen molar-refractivity contribution in [3.05, 3.63) is 29.8 Å². The summed E-state index contributed by atoms with van der Waals surface area (Å²) in [6.45, 7) is 1.64. The molecule has 0 aliphatic heterocycles. The highest BCUT2D eigenvalue weighted by atomic mass is 16.1. The maximum absolute atomic E-state index is 11.3. The molecule has 0 bridgehead atoms. The van der Waals surface area contributed by atoms with Crippen molar-refractivity contribution in [1.82, 2.24) is 10.6 Å². The first-order valence-corrected chi connectivity index (χ1v) is 6.93. The molecule has 1 fully saturated rings. The molecule has 19 heavy (non-hydrogen) atoms. The molecule has 1 saturated carbocycles. The first-order valence-electron chi connectivity index (χ1n) is 6.93. The number of nitrogens with one attached hydrogen (secondary N) is 2. The molecule has 4 heteroatoms. The number of nitrogens with zero attached hydrogens (tertiary/aromatic N) is 1. The van der Waals surface area contributed by atoms with E-state index in [2.05, 4.69) is 33.7 Å². The average Bonchev–Trinajstić information content (AvgIpc) is 3.26. The van der Waals surface area contributed by atoms with E-state index in [0.29, 0.717) is 12.5 Å². The molecule has 0 saturated heterocycles. The van der Waals surface area contributed by atoms with Gasteiger partial charge in [0.2, 0.25) is 5.91 Å². The van der Waals surface area contributed by atoms with Gasteiger partial charge in [0.05, 0.1) is 0 Å². The molecule has 0 unspecified atom stereocenters. The molecule has 0 aromatic heterocycles. The van der Waals surface area contributed by atoms with Gasteiger partial charge in [-0.1, -0.05) is 18.2 Å². The highest BCUT2D eigenvalue weighted by Crippen LogP contribution is 2.23. The number of carbonyl (C=O) groups is 1.